The SMILES string of the molecule is CCSCCOC(=O)C1=C(C)NC2=C(C(=O)[C@H](C(=O)OC)[C@@H](C)C2)[C@H]1c1ccc(O)c(OC)c1. The van der Waals surface area contributed by atoms with Gasteiger partial charge in [-0.25, -0.2) is 4.79 Å². The minimum atomic E-state index is -0.969. The Kier molecular flexibility index (Phi) is 8.30. The summed E-state index contributed by atoms with van der Waals surface area (Å²) in [5.41, 5.74) is 2.45. The molecule has 34 heavy (non-hydrogen) atoms. The highest BCUT2D eigenvalue weighted by molar-refractivity contribution is 7.99. The van der Waals surface area contributed by atoms with Crippen LogP contribution in [0.2, 0.25) is 0 Å². The van der Waals surface area contributed by atoms with Gasteiger partial charge < -0.3 is 24.6 Å². The van der Waals surface area contributed by atoms with Crippen molar-refractivity contribution >= 4 is 29.5 Å². The smallest absolute Gasteiger partial charge is 0.336 e. The van der Waals surface area contributed by atoms with Gasteiger partial charge in [-0.3, -0.25) is 9.59 Å². The molecule has 0 spiro atoms. The van der Waals surface area contributed by atoms with Crippen molar-refractivity contribution in [3.63, 3.8) is 0 Å². The molecule has 184 valence electrons. The van der Waals surface area contributed by atoms with Crippen LogP contribution in [0.15, 0.2) is 40.7 Å². The normalized spacial score (nSPS) is 22.1. The molecule has 1 aliphatic carbocycles. The highest BCUT2D eigenvalue weighted by Crippen LogP contribution is 2.46. The number of hydrogen-bond donors (Lipinski definition) is 2. The number of ether oxygens (including phenoxy) is 3. The first-order chi connectivity index (χ1) is 16.2. The van der Waals surface area contributed by atoms with E-state index in [9.17, 15) is 19.5 Å². The number of ketones is 1. The Morgan fingerprint density at radius 3 is 2.65 bits per heavy atom. The Morgan fingerprint density at radius 2 is 2.00 bits per heavy atom. The number of rotatable bonds is 8. The lowest BCUT2D eigenvalue weighted by Gasteiger charge is -2.38. The van der Waals surface area contributed by atoms with Gasteiger partial charge in [-0.05, 0) is 42.7 Å². The summed E-state index contributed by atoms with van der Waals surface area (Å²) in [7, 11) is 2.68. The Morgan fingerprint density at radius 1 is 1.26 bits per heavy atom. The predicted octanol–water partition coefficient (Wildman–Crippen LogP) is 3.31. The molecule has 1 aromatic carbocycles. The third-order valence-electron chi connectivity index (χ3n) is 6.17. The highest BCUT2D eigenvalue weighted by atomic mass is 32.2. The molecule has 0 saturated heterocycles. The van der Waals surface area contributed by atoms with Gasteiger partial charge in [-0.2, -0.15) is 11.8 Å². The molecule has 3 atom stereocenters. The van der Waals surface area contributed by atoms with Gasteiger partial charge in [-0.1, -0.05) is 19.9 Å². The molecule has 0 bridgehead atoms. The van der Waals surface area contributed by atoms with Crippen molar-refractivity contribution in [1.82, 2.24) is 5.32 Å². The van der Waals surface area contributed by atoms with Crippen molar-refractivity contribution in [1.29, 1.82) is 0 Å². The summed E-state index contributed by atoms with van der Waals surface area (Å²) in [4.78, 5) is 39.4. The summed E-state index contributed by atoms with van der Waals surface area (Å²) in [6, 6.07) is 4.70. The van der Waals surface area contributed by atoms with Crippen LogP contribution >= 0.6 is 11.8 Å². The predicted molar refractivity (Wildman–Crippen MR) is 129 cm³/mol. The average Bonchev–Trinajstić information content (AvgIpc) is 2.81. The first-order valence-corrected chi connectivity index (χ1v) is 12.3. The zero-order valence-corrected chi connectivity index (χ0v) is 20.9. The number of carbonyl (C=O) groups is 3. The molecular weight excluding hydrogens is 458 g/mol. The standard InChI is InChI=1S/C25H31NO7S/c1-6-34-10-9-33-25(30)20-14(3)26-16-11-13(2)19(24(29)32-5)23(28)22(16)21(20)15-7-8-17(27)18(12-15)31-4/h7-8,12-13,19,21,26-27H,6,9-11H2,1-5H3/t13-,19+,21-/m0/s1. The van der Waals surface area contributed by atoms with E-state index in [0.717, 1.165) is 5.75 Å². The summed E-state index contributed by atoms with van der Waals surface area (Å²) in [6.45, 7) is 5.87. The number of benzene rings is 1. The maximum Gasteiger partial charge on any atom is 0.336 e. The number of carbonyl (C=O) groups excluding carboxylic acids is 3. The maximum atomic E-state index is 13.7. The molecule has 2 aliphatic rings. The summed E-state index contributed by atoms with van der Waals surface area (Å²) < 4.78 is 15.7. The van der Waals surface area contributed by atoms with Gasteiger partial charge in [0, 0.05) is 28.6 Å². The zero-order valence-electron chi connectivity index (χ0n) is 20.1. The number of phenols is 1. The van der Waals surface area contributed by atoms with Crippen LogP contribution in [0.4, 0.5) is 0 Å². The van der Waals surface area contributed by atoms with Crippen molar-refractivity contribution in [3.05, 3.63) is 46.3 Å². The molecule has 3 rings (SSSR count). The molecule has 0 aromatic heterocycles. The van der Waals surface area contributed by atoms with E-state index in [4.69, 9.17) is 14.2 Å². The number of Topliss-reactive ketones (excluding diaryl/α,β-unsaturated/α-hetero) is 1. The van der Waals surface area contributed by atoms with E-state index in [1.807, 2.05) is 13.8 Å². The summed E-state index contributed by atoms with van der Waals surface area (Å²) in [6.07, 6.45) is 0.444. The van der Waals surface area contributed by atoms with Crippen molar-refractivity contribution in [3.8, 4) is 11.5 Å². The largest absolute Gasteiger partial charge is 0.504 e. The number of esters is 2. The van der Waals surface area contributed by atoms with Crippen molar-refractivity contribution < 1.29 is 33.7 Å². The second kappa shape index (κ2) is 11.0. The molecule has 1 heterocycles. The maximum absolute atomic E-state index is 13.7. The second-order valence-corrected chi connectivity index (χ2v) is 9.69. The topological polar surface area (TPSA) is 111 Å². The molecule has 0 amide bonds. The van der Waals surface area contributed by atoms with Crippen LogP contribution in [-0.2, 0) is 23.9 Å². The van der Waals surface area contributed by atoms with Crippen molar-refractivity contribution in [2.24, 2.45) is 11.8 Å². The molecule has 9 heteroatoms. The van der Waals surface area contributed by atoms with Crippen LogP contribution in [-0.4, -0.2) is 55.2 Å². The quantitative estimate of drug-likeness (QED) is 0.323. The number of thioether (sulfide) groups is 1. The van der Waals surface area contributed by atoms with Gasteiger partial charge >= 0.3 is 11.9 Å². The van der Waals surface area contributed by atoms with E-state index < -0.39 is 23.8 Å². The van der Waals surface area contributed by atoms with E-state index in [1.54, 1.807) is 30.8 Å². The Hall–Kier alpha value is -2.94. The lowest BCUT2D eigenvalue weighted by molar-refractivity contribution is -0.151. The number of nitrogens with one attached hydrogen (secondary N) is 1. The fourth-order valence-corrected chi connectivity index (χ4v) is 5.06. The molecule has 1 aliphatic heterocycles. The first kappa shape index (κ1) is 25.7. The van der Waals surface area contributed by atoms with Gasteiger partial charge in [-0.15, -0.1) is 0 Å². The number of methoxy groups -OCH3 is 2. The number of dihydropyridines is 1. The minimum Gasteiger partial charge on any atom is -0.504 e. The number of phenolic OH excluding ortho intramolecular Hbond substituents is 1. The first-order valence-electron chi connectivity index (χ1n) is 11.2. The van der Waals surface area contributed by atoms with Crippen molar-refractivity contribution in [2.75, 3.05) is 32.3 Å². The van der Waals surface area contributed by atoms with E-state index in [0.29, 0.717) is 40.3 Å². The summed E-state index contributed by atoms with van der Waals surface area (Å²) >= 11 is 1.66. The van der Waals surface area contributed by atoms with E-state index >= 15 is 0 Å². The van der Waals surface area contributed by atoms with Gasteiger partial charge in [0.15, 0.2) is 17.3 Å². The fraction of sp³-hybridized carbons (Fsp3) is 0.480. The molecule has 0 fully saturated rings. The fourth-order valence-electron chi connectivity index (χ4n) is 4.57. The van der Waals surface area contributed by atoms with Gasteiger partial charge in [0.2, 0.25) is 0 Å². The molecule has 2 N–H and O–H groups in total. The molecule has 0 unspecified atom stereocenters. The van der Waals surface area contributed by atoms with Crippen LogP contribution < -0.4 is 10.1 Å². The summed E-state index contributed by atoms with van der Waals surface area (Å²) in [5.74, 6) is -1.82. The third-order valence-corrected chi connectivity index (χ3v) is 7.03. The van der Waals surface area contributed by atoms with E-state index in [-0.39, 0.29) is 29.8 Å². The Bertz CT molecular complexity index is 1050. The zero-order chi connectivity index (χ0) is 25.0. The number of aromatic hydroxyl groups is 1. The molecule has 0 saturated carbocycles. The molecule has 1 aromatic rings. The van der Waals surface area contributed by atoms with Crippen LogP contribution in [0.3, 0.4) is 0 Å². The lowest BCUT2D eigenvalue weighted by atomic mass is 9.69. The molecular formula is C25H31NO7S. The number of allylic oxidation sites excluding steroid dienone is 3. The lowest BCUT2D eigenvalue weighted by Crippen LogP contribution is -2.43. The average molecular weight is 490 g/mol. The van der Waals surface area contributed by atoms with E-state index in [2.05, 4.69) is 5.32 Å². The van der Waals surface area contributed by atoms with Crippen LogP contribution in [0.5, 0.6) is 11.5 Å². The summed E-state index contributed by atoms with van der Waals surface area (Å²) in [5, 5.41) is 13.3. The van der Waals surface area contributed by atoms with Gasteiger partial charge in [0.05, 0.1) is 19.8 Å². The highest BCUT2D eigenvalue weighted by Gasteiger charge is 2.47. The van der Waals surface area contributed by atoms with Gasteiger partial charge in [0.1, 0.15) is 12.5 Å². The van der Waals surface area contributed by atoms with Crippen molar-refractivity contribution in [2.45, 2.75) is 33.1 Å². The Balaban J connectivity index is 2.12. The molecule has 0 radical (unpaired) electrons. The number of hydrogen-bond acceptors (Lipinski definition) is 9. The van der Waals surface area contributed by atoms with E-state index in [1.165, 1.54) is 20.3 Å². The van der Waals surface area contributed by atoms with Crippen LogP contribution in [0, 0.1) is 11.8 Å². The van der Waals surface area contributed by atoms with Crippen LogP contribution in [0.1, 0.15) is 38.7 Å². The second-order valence-electron chi connectivity index (χ2n) is 8.30. The van der Waals surface area contributed by atoms with Crippen LogP contribution in [0.25, 0.3) is 0 Å². The monoisotopic (exact) mass is 489 g/mol. The Labute approximate surface area is 203 Å². The third kappa shape index (κ3) is 4.94. The molecule has 8 nitrogen and oxygen atoms in total. The van der Waals surface area contributed by atoms with Gasteiger partial charge in [0.25, 0.3) is 0 Å². The minimum absolute atomic E-state index is 0.0631.